The molecule has 19 heavy (non-hydrogen) atoms. The van der Waals surface area contributed by atoms with Gasteiger partial charge in [-0.05, 0) is 30.1 Å². The highest BCUT2D eigenvalue weighted by molar-refractivity contribution is 7.91. The molecule has 0 fully saturated rings. The molecule has 2 aromatic rings. The summed E-state index contributed by atoms with van der Waals surface area (Å²) < 4.78 is 27.2. The number of thiophene rings is 2. The zero-order chi connectivity index (χ0) is 13.7. The summed E-state index contributed by atoms with van der Waals surface area (Å²) in [6.45, 7) is 3.95. The molecule has 0 aliphatic heterocycles. The average Bonchev–Trinajstić information content (AvgIpc) is 3.05. The molecular weight excluding hydrogens is 300 g/mol. The van der Waals surface area contributed by atoms with Gasteiger partial charge in [0.05, 0.1) is 0 Å². The van der Waals surface area contributed by atoms with E-state index < -0.39 is 10.0 Å². The van der Waals surface area contributed by atoms with Crippen molar-refractivity contribution in [1.29, 1.82) is 0 Å². The lowest BCUT2D eigenvalue weighted by atomic mass is 10.4. The Bertz CT molecular complexity index is 603. The van der Waals surface area contributed by atoms with Crippen LogP contribution in [0.3, 0.4) is 0 Å². The highest BCUT2D eigenvalue weighted by Gasteiger charge is 2.16. The molecule has 2 heterocycles. The molecule has 0 aromatic carbocycles. The summed E-state index contributed by atoms with van der Waals surface area (Å²) in [4.78, 5) is 2.03. The van der Waals surface area contributed by atoms with Crippen LogP contribution in [0.4, 0.5) is 0 Å². The van der Waals surface area contributed by atoms with E-state index in [2.05, 4.69) is 10.0 Å². The third kappa shape index (κ3) is 4.12. The number of nitrogens with one attached hydrogen (secondary N) is 2. The van der Waals surface area contributed by atoms with Gasteiger partial charge in [0.2, 0.25) is 10.0 Å². The maximum atomic E-state index is 12.1. The number of sulfonamides is 1. The number of hydrogen-bond acceptors (Lipinski definition) is 5. The van der Waals surface area contributed by atoms with Gasteiger partial charge in [0.1, 0.15) is 4.21 Å². The molecule has 0 aliphatic carbocycles. The Balaban J connectivity index is 2.00. The predicted octanol–water partition coefficient (Wildman–Crippen LogP) is 2.40. The van der Waals surface area contributed by atoms with E-state index in [1.807, 2.05) is 30.5 Å². The second-order valence-corrected chi connectivity index (χ2v) is 8.10. The molecule has 0 atom stereocenters. The lowest BCUT2D eigenvalue weighted by Gasteiger charge is -2.02. The molecule has 0 amide bonds. The van der Waals surface area contributed by atoms with Crippen molar-refractivity contribution in [1.82, 2.24) is 10.0 Å². The van der Waals surface area contributed by atoms with Crippen molar-refractivity contribution in [3.63, 3.8) is 0 Å². The average molecular weight is 316 g/mol. The summed E-state index contributed by atoms with van der Waals surface area (Å²) >= 11 is 2.85. The van der Waals surface area contributed by atoms with Gasteiger partial charge in [-0.25, -0.2) is 13.1 Å². The van der Waals surface area contributed by atoms with Crippen LogP contribution in [-0.2, 0) is 23.1 Å². The molecule has 2 aromatic heterocycles. The minimum absolute atomic E-state index is 0.348. The van der Waals surface area contributed by atoms with Gasteiger partial charge >= 0.3 is 0 Å². The minimum atomic E-state index is -3.39. The smallest absolute Gasteiger partial charge is 0.250 e. The second kappa shape index (κ2) is 6.62. The SMILES string of the molecule is CCNCc1ccc(S(=O)(=O)NCc2cccs2)s1. The van der Waals surface area contributed by atoms with E-state index in [-0.39, 0.29) is 0 Å². The summed E-state index contributed by atoms with van der Waals surface area (Å²) in [5.41, 5.74) is 0. The normalized spacial score (nSPS) is 11.8. The van der Waals surface area contributed by atoms with Crippen LogP contribution in [0.1, 0.15) is 16.7 Å². The molecule has 0 bridgehead atoms. The fourth-order valence-corrected chi connectivity index (χ4v) is 4.61. The van der Waals surface area contributed by atoms with Gasteiger partial charge in [0.15, 0.2) is 0 Å². The maximum Gasteiger partial charge on any atom is 0.250 e. The molecule has 0 radical (unpaired) electrons. The Hall–Kier alpha value is -0.730. The van der Waals surface area contributed by atoms with Crippen LogP contribution in [-0.4, -0.2) is 15.0 Å². The number of rotatable bonds is 7. The third-order valence-electron chi connectivity index (χ3n) is 2.47. The Morgan fingerprint density at radius 1 is 1.16 bits per heavy atom. The summed E-state index contributed by atoms with van der Waals surface area (Å²) in [5.74, 6) is 0. The molecule has 2 N–H and O–H groups in total. The van der Waals surface area contributed by atoms with Crippen molar-refractivity contribution in [2.75, 3.05) is 6.54 Å². The van der Waals surface area contributed by atoms with E-state index in [1.54, 1.807) is 17.4 Å². The first-order chi connectivity index (χ1) is 9.12. The van der Waals surface area contributed by atoms with Crippen LogP contribution in [0, 0.1) is 0 Å². The Kier molecular flexibility index (Phi) is 5.12. The largest absolute Gasteiger partial charge is 0.312 e. The molecule has 7 heteroatoms. The van der Waals surface area contributed by atoms with Gasteiger partial charge in [-0.15, -0.1) is 22.7 Å². The second-order valence-electron chi connectivity index (χ2n) is 3.90. The lowest BCUT2D eigenvalue weighted by Crippen LogP contribution is -2.21. The fraction of sp³-hybridized carbons (Fsp3) is 0.333. The van der Waals surface area contributed by atoms with Crippen molar-refractivity contribution in [2.24, 2.45) is 0 Å². The summed E-state index contributed by atoms with van der Waals surface area (Å²) in [7, 11) is -3.39. The van der Waals surface area contributed by atoms with Gasteiger partial charge in [0.25, 0.3) is 0 Å². The van der Waals surface area contributed by atoms with Crippen LogP contribution < -0.4 is 10.0 Å². The summed E-state index contributed by atoms with van der Waals surface area (Å²) in [6, 6.07) is 7.34. The highest BCUT2D eigenvalue weighted by atomic mass is 32.2. The van der Waals surface area contributed by atoms with Crippen molar-refractivity contribution < 1.29 is 8.42 Å². The molecule has 104 valence electrons. The van der Waals surface area contributed by atoms with Crippen LogP contribution >= 0.6 is 22.7 Å². The van der Waals surface area contributed by atoms with E-state index >= 15 is 0 Å². The quantitative estimate of drug-likeness (QED) is 0.824. The predicted molar refractivity (Wildman–Crippen MR) is 80.0 cm³/mol. The molecule has 0 saturated heterocycles. The fourth-order valence-electron chi connectivity index (χ4n) is 1.50. The van der Waals surface area contributed by atoms with Crippen LogP contribution in [0.15, 0.2) is 33.9 Å². The van der Waals surface area contributed by atoms with Crippen LogP contribution in [0.25, 0.3) is 0 Å². The van der Waals surface area contributed by atoms with Crippen molar-refractivity contribution in [3.8, 4) is 0 Å². The first kappa shape index (κ1) is 14.7. The molecule has 0 aliphatic rings. The molecular formula is C12H16N2O2S3. The highest BCUT2D eigenvalue weighted by Crippen LogP contribution is 2.21. The molecule has 0 saturated carbocycles. The first-order valence-electron chi connectivity index (χ1n) is 5.93. The Morgan fingerprint density at radius 2 is 2.00 bits per heavy atom. The van der Waals surface area contributed by atoms with E-state index in [0.29, 0.717) is 17.3 Å². The van der Waals surface area contributed by atoms with Crippen LogP contribution in [0.2, 0.25) is 0 Å². The number of hydrogen-bond donors (Lipinski definition) is 2. The standard InChI is InChI=1S/C12H16N2O2S3/c1-2-13-8-11-5-6-12(18-11)19(15,16)14-9-10-4-3-7-17-10/h3-7,13-14H,2,8-9H2,1H3. The monoisotopic (exact) mass is 316 g/mol. The van der Waals surface area contributed by atoms with Gasteiger partial charge in [-0.2, -0.15) is 0 Å². The van der Waals surface area contributed by atoms with Gasteiger partial charge in [0, 0.05) is 22.8 Å². The summed E-state index contributed by atoms with van der Waals surface area (Å²) in [5, 5.41) is 5.11. The Labute approximate surface area is 121 Å². The minimum Gasteiger partial charge on any atom is -0.312 e. The third-order valence-corrected chi connectivity index (χ3v) is 6.32. The van der Waals surface area contributed by atoms with Crippen molar-refractivity contribution in [3.05, 3.63) is 39.4 Å². The van der Waals surface area contributed by atoms with E-state index in [1.165, 1.54) is 11.3 Å². The van der Waals surface area contributed by atoms with Crippen molar-refractivity contribution in [2.45, 2.75) is 24.2 Å². The molecule has 0 spiro atoms. The zero-order valence-corrected chi connectivity index (χ0v) is 13.0. The molecule has 0 unspecified atom stereocenters. The van der Waals surface area contributed by atoms with E-state index in [0.717, 1.165) is 16.3 Å². The maximum absolute atomic E-state index is 12.1. The van der Waals surface area contributed by atoms with Gasteiger partial charge in [-0.3, -0.25) is 0 Å². The Morgan fingerprint density at radius 3 is 2.68 bits per heavy atom. The van der Waals surface area contributed by atoms with Crippen LogP contribution in [0.5, 0.6) is 0 Å². The van der Waals surface area contributed by atoms with Crippen molar-refractivity contribution >= 4 is 32.7 Å². The topological polar surface area (TPSA) is 58.2 Å². The van der Waals surface area contributed by atoms with E-state index in [4.69, 9.17) is 0 Å². The molecule has 2 rings (SSSR count). The van der Waals surface area contributed by atoms with Gasteiger partial charge in [-0.1, -0.05) is 13.0 Å². The first-order valence-corrected chi connectivity index (χ1v) is 9.11. The van der Waals surface area contributed by atoms with E-state index in [9.17, 15) is 8.42 Å². The zero-order valence-electron chi connectivity index (χ0n) is 10.5. The van der Waals surface area contributed by atoms with Gasteiger partial charge < -0.3 is 5.32 Å². The molecule has 4 nitrogen and oxygen atoms in total. The lowest BCUT2D eigenvalue weighted by molar-refractivity contribution is 0.584. The summed E-state index contributed by atoms with van der Waals surface area (Å²) in [6.07, 6.45) is 0.